The number of rotatable bonds is 3. The van der Waals surface area contributed by atoms with E-state index in [9.17, 15) is 4.79 Å². The van der Waals surface area contributed by atoms with E-state index in [0.29, 0.717) is 5.41 Å². The van der Waals surface area contributed by atoms with Crippen molar-refractivity contribution in [1.29, 1.82) is 0 Å². The predicted molar refractivity (Wildman–Crippen MR) is 75.7 cm³/mol. The lowest BCUT2D eigenvalue weighted by molar-refractivity contribution is -0.118. The summed E-state index contributed by atoms with van der Waals surface area (Å²) in [5, 5.41) is 0. The highest BCUT2D eigenvalue weighted by atomic mass is 16.1. The molecular formula is C16H29NO. The second-order valence-electron chi connectivity index (χ2n) is 7.33. The number of aldehydes is 1. The van der Waals surface area contributed by atoms with Crippen LogP contribution in [0.25, 0.3) is 0 Å². The first-order valence-corrected chi connectivity index (χ1v) is 7.74. The summed E-state index contributed by atoms with van der Waals surface area (Å²) in [7, 11) is 0. The minimum absolute atomic E-state index is 0.0159. The van der Waals surface area contributed by atoms with E-state index in [4.69, 9.17) is 0 Å². The molecule has 0 aromatic carbocycles. The molecule has 2 fully saturated rings. The summed E-state index contributed by atoms with van der Waals surface area (Å²) in [5.41, 5.74) is 0.492. The van der Waals surface area contributed by atoms with Crippen molar-refractivity contribution in [1.82, 2.24) is 4.90 Å². The Bertz CT molecular complexity index is 267. The summed E-state index contributed by atoms with van der Waals surface area (Å²) in [4.78, 5) is 14.2. The van der Waals surface area contributed by atoms with Crippen molar-refractivity contribution in [2.24, 2.45) is 10.8 Å². The second kappa shape index (κ2) is 5.73. The Hall–Kier alpha value is -0.370. The van der Waals surface area contributed by atoms with Crippen LogP contribution in [0.15, 0.2) is 0 Å². The predicted octanol–water partition coefficient (Wildman–Crippen LogP) is 3.65. The van der Waals surface area contributed by atoms with Crippen LogP contribution in [-0.2, 0) is 4.79 Å². The largest absolute Gasteiger partial charge is 0.303 e. The van der Waals surface area contributed by atoms with E-state index in [2.05, 4.69) is 18.7 Å². The summed E-state index contributed by atoms with van der Waals surface area (Å²) < 4.78 is 0. The Morgan fingerprint density at radius 1 is 0.944 bits per heavy atom. The maximum absolute atomic E-state index is 11.6. The van der Waals surface area contributed by atoms with Gasteiger partial charge in [-0.2, -0.15) is 0 Å². The van der Waals surface area contributed by atoms with Gasteiger partial charge < -0.3 is 9.69 Å². The summed E-state index contributed by atoms with van der Waals surface area (Å²) in [6.07, 6.45) is 11.2. The second-order valence-corrected chi connectivity index (χ2v) is 7.33. The third kappa shape index (κ3) is 3.57. The highest BCUT2D eigenvalue weighted by molar-refractivity contribution is 5.59. The van der Waals surface area contributed by atoms with E-state index in [0.717, 1.165) is 19.4 Å². The first kappa shape index (κ1) is 14.0. The summed E-state index contributed by atoms with van der Waals surface area (Å²) in [6, 6.07) is 0. The van der Waals surface area contributed by atoms with Crippen LogP contribution < -0.4 is 0 Å². The quantitative estimate of drug-likeness (QED) is 0.564. The first-order valence-electron chi connectivity index (χ1n) is 7.74. The average molecular weight is 251 g/mol. The minimum atomic E-state index is -0.0159. The lowest BCUT2D eigenvalue weighted by Crippen LogP contribution is -2.44. The number of hydrogen-bond donors (Lipinski definition) is 0. The zero-order valence-electron chi connectivity index (χ0n) is 12.2. The molecule has 0 N–H and O–H groups in total. The molecule has 1 heterocycles. The van der Waals surface area contributed by atoms with Crippen molar-refractivity contribution in [2.75, 3.05) is 19.6 Å². The normalized spacial score (nSPS) is 28.6. The third-order valence-corrected chi connectivity index (χ3v) is 5.10. The Balaban J connectivity index is 1.92. The molecule has 1 saturated carbocycles. The fourth-order valence-electron chi connectivity index (χ4n) is 3.51. The van der Waals surface area contributed by atoms with Crippen LogP contribution in [-0.4, -0.2) is 30.8 Å². The molecule has 0 aromatic heterocycles. The molecule has 104 valence electrons. The van der Waals surface area contributed by atoms with Crippen molar-refractivity contribution in [3.63, 3.8) is 0 Å². The van der Waals surface area contributed by atoms with Gasteiger partial charge in [0.05, 0.1) is 0 Å². The SMILES string of the molecule is CC1(C)CCN(CC2(C=O)CCCCCC2)CC1. The van der Waals surface area contributed by atoms with Gasteiger partial charge in [-0.05, 0) is 44.2 Å². The van der Waals surface area contributed by atoms with Gasteiger partial charge in [0.25, 0.3) is 0 Å². The standard InChI is InChI=1S/C16H29NO/c1-15(2)9-11-17(12-10-15)13-16(14-18)7-5-3-4-6-8-16/h14H,3-13H2,1-2H3. The van der Waals surface area contributed by atoms with Crippen LogP contribution in [0, 0.1) is 10.8 Å². The molecule has 0 radical (unpaired) electrons. The Morgan fingerprint density at radius 3 is 2.00 bits per heavy atom. The molecule has 0 spiro atoms. The number of hydrogen-bond acceptors (Lipinski definition) is 2. The molecule has 0 amide bonds. The van der Waals surface area contributed by atoms with Crippen molar-refractivity contribution in [2.45, 2.75) is 65.2 Å². The van der Waals surface area contributed by atoms with E-state index < -0.39 is 0 Å². The van der Waals surface area contributed by atoms with Gasteiger partial charge in [0.15, 0.2) is 0 Å². The summed E-state index contributed by atoms with van der Waals surface area (Å²) in [6.45, 7) is 8.12. The first-order chi connectivity index (χ1) is 8.55. The Labute approximate surface area is 112 Å². The fraction of sp³-hybridized carbons (Fsp3) is 0.938. The zero-order chi connectivity index (χ0) is 13.1. The molecule has 1 aliphatic carbocycles. The summed E-state index contributed by atoms with van der Waals surface area (Å²) >= 11 is 0. The van der Waals surface area contributed by atoms with Crippen LogP contribution in [0.5, 0.6) is 0 Å². The molecule has 0 unspecified atom stereocenters. The Morgan fingerprint density at radius 2 is 1.50 bits per heavy atom. The fourth-order valence-corrected chi connectivity index (χ4v) is 3.51. The molecule has 1 aliphatic heterocycles. The lowest BCUT2D eigenvalue weighted by Gasteiger charge is -2.41. The molecule has 2 nitrogen and oxygen atoms in total. The molecule has 18 heavy (non-hydrogen) atoms. The average Bonchev–Trinajstić information content (AvgIpc) is 2.58. The van der Waals surface area contributed by atoms with E-state index in [1.54, 1.807) is 0 Å². The highest BCUT2D eigenvalue weighted by Crippen LogP contribution is 2.36. The van der Waals surface area contributed by atoms with Gasteiger partial charge >= 0.3 is 0 Å². The van der Waals surface area contributed by atoms with E-state index >= 15 is 0 Å². The van der Waals surface area contributed by atoms with Gasteiger partial charge in [-0.25, -0.2) is 0 Å². The van der Waals surface area contributed by atoms with Crippen LogP contribution >= 0.6 is 0 Å². The van der Waals surface area contributed by atoms with Gasteiger partial charge in [0.1, 0.15) is 6.29 Å². The van der Waals surface area contributed by atoms with E-state index in [1.165, 1.54) is 57.9 Å². The molecule has 2 rings (SSSR count). The molecule has 0 bridgehead atoms. The topological polar surface area (TPSA) is 20.3 Å². The molecule has 1 saturated heterocycles. The number of piperidine rings is 1. The maximum atomic E-state index is 11.6. The maximum Gasteiger partial charge on any atom is 0.127 e. The monoisotopic (exact) mass is 251 g/mol. The number of likely N-dealkylation sites (tertiary alicyclic amines) is 1. The zero-order valence-corrected chi connectivity index (χ0v) is 12.2. The van der Waals surface area contributed by atoms with Crippen molar-refractivity contribution >= 4 is 6.29 Å². The van der Waals surface area contributed by atoms with Crippen LogP contribution in [0.1, 0.15) is 65.2 Å². The van der Waals surface area contributed by atoms with Crippen LogP contribution in [0.4, 0.5) is 0 Å². The number of carbonyl (C=O) groups excluding carboxylic acids is 1. The van der Waals surface area contributed by atoms with Gasteiger partial charge in [-0.3, -0.25) is 0 Å². The Kier molecular flexibility index (Phi) is 4.47. The van der Waals surface area contributed by atoms with Gasteiger partial charge in [0.2, 0.25) is 0 Å². The van der Waals surface area contributed by atoms with Crippen molar-refractivity contribution in [3.05, 3.63) is 0 Å². The minimum Gasteiger partial charge on any atom is -0.303 e. The van der Waals surface area contributed by atoms with E-state index in [-0.39, 0.29) is 5.41 Å². The molecule has 2 heteroatoms. The van der Waals surface area contributed by atoms with Gasteiger partial charge in [-0.1, -0.05) is 39.5 Å². The highest BCUT2D eigenvalue weighted by Gasteiger charge is 2.35. The van der Waals surface area contributed by atoms with Crippen LogP contribution in [0.2, 0.25) is 0 Å². The molecule has 0 atom stereocenters. The molecular weight excluding hydrogens is 222 g/mol. The van der Waals surface area contributed by atoms with Gasteiger partial charge in [-0.15, -0.1) is 0 Å². The smallest absolute Gasteiger partial charge is 0.127 e. The lowest BCUT2D eigenvalue weighted by atomic mass is 9.78. The van der Waals surface area contributed by atoms with E-state index in [1.807, 2.05) is 0 Å². The summed E-state index contributed by atoms with van der Waals surface area (Å²) in [5.74, 6) is 0. The number of nitrogens with zero attached hydrogens (tertiary/aromatic N) is 1. The molecule has 2 aliphatic rings. The van der Waals surface area contributed by atoms with Crippen LogP contribution in [0.3, 0.4) is 0 Å². The van der Waals surface area contributed by atoms with Gasteiger partial charge in [0, 0.05) is 12.0 Å². The molecule has 0 aromatic rings. The van der Waals surface area contributed by atoms with Crippen molar-refractivity contribution < 1.29 is 4.79 Å². The third-order valence-electron chi connectivity index (χ3n) is 5.10. The number of carbonyl (C=O) groups is 1. The van der Waals surface area contributed by atoms with Crippen molar-refractivity contribution in [3.8, 4) is 0 Å².